The number of carboxylic acid groups (broad SMARTS) is 1. The Kier molecular flexibility index (Phi) is 3.14. The van der Waals surface area contributed by atoms with E-state index < -0.39 is 12.0 Å². The lowest BCUT2D eigenvalue weighted by Gasteiger charge is -2.00. The Morgan fingerprint density at radius 2 is 2.38 bits per heavy atom. The maximum absolute atomic E-state index is 9.88. The van der Waals surface area contributed by atoms with Gasteiger partial charge in [-0.25, -0.2) is 0 Å². The van der Waals surface area contributed by atoms with E-state index in [4.69, 9.17) is 16.6 Å². The minimum atomic E-state index is -1.03. The van der Waals surface area contributed by atoms with Crippen molar-refractivity contribution in [3.8, 4) is 0 Å². The molecule has 1 unspecified atom stereocenters. The molecule has 0 saturated carbocycles. The number of nitrogens with one attached hydrogen (secondary N) is 1. The molecule has 8 heavy (non-hydrogen) atoms. The number of aliphatic carboxylic acids is 1. The van der Waals surface area contributed by atoms with Gasteiger partial charge in [-0.05, 0) is 6.42 Å². The van der Waals surface area contributed by atoms with Crippen molar-refractivity contribution >= 4 is 5.97 Å². The lowest BCUT2D eigenvalue weighted by molar-refractivity contribution is -0.138. The van der Waals surface area contributed by atoms with E-state index in [2.05, 4.69) is 0 Å². The van der Waals surface area contributed by atoms with Crippen LogP contribution in [0.25, 0.3) is 0 Å². The average Bonchev–Trinajstić information content (AvgIpc) is 1.67. The normalized spacial score (nSPS) is 13.2. The Bertz CT molecular complexity index is 84.1. The van der Waals surface area contributed by atoms with Gasteiger partial charge in [0.05, 0.1) is 0 Å². The minimum absolute atomic E-state index is 0.0769. The molecule has 4 heteroatoms. The molecule has 4 nitrogen and oxygen atoms in total. The predicted octanol–water partition coefficient (Wildman–Crippen LogP) is -0.929. The van der Waals surface area contributed by atoms with E-state index in [9.17, 15) is 4.79 Å². The molecule has 0 fully saturated rings. The molecule has 0 aromatic carbocycles. The molecule has 0 rings (SSSR count). The molecule has 0 aliphatic heterocycles. The highest BCUT2D eigenvalue weighted by atomic mass is 16.4. The van der Waals surface area contributed by atoms with E-state index in [-0.39, 0.29) is 13.0 Å². The van der Waals surface area contributed by atoms with Gasteiger partial charge < -0.3 is 10.8 Å². The molecule has 0 aliphatic rings. The van der Waals surface area contributed by atoms with Crippen LogP contribution in [0.5, 0.6) is 0 Å². The maximum Gasteiger partial charge on any atom is 0.320 e. The summed E-state index contributed by atoms with van der Waals surface area (Å²) in [6.07, 6.45) is 0.231. The third-order valence-corrected chi connectivity index (χ3v) is 0.773. The zero-order valence-corrected chi connectivity index (χ0v) is 4.42. The van der Waals surface area contributed by atoms with Crippen LogP contribution in [0, 0.1) is 0 Å². The molecular weight excluding hydrogens is 108 g/mol. The smallest absolute Gasteiger partial charge is 0.320 e. The fourth-order valence-electron chi connectivity index (χ4n) is 0.279. The van der Waals surface area contributed by atoms with Crippen LogP contribution in [-0.2, 0) is 4.79 Å². The number of hydrogen-bond acceptors (Lipinski definition) is 2. The summed E-state index contributed by atoms with van der Waals surface area (Å²) in [4.78, 5) is 9.88. The van der Waals surface area contributed by atoms with Crippen LogP contribution in [0.15, 0.2) is 0 Å². The van der Waals surface area contributed by atoms with Crippen molar-refractivity contribution < 1.29 is 9.90 Å². The van der Waals surface area contributed by atoms with E-state index in [1.807, 2.05) is 0 Å². The largest absolute Gasteiger partial charge is 0.480 e. The molecule has 0 heterocycles. The highest BCUT2D eigenvalue weighted by molar-refractivity contribution is 5.72. The van der Waals surface area contributed by atoms with Gasteiger partial charge in [-0.2, -0.15) is 0 Å². The molecule has 0 aromatic heterocycles. The van der Waals surface area contributed by atoms with Gasteiger partial charge in [0.2, 0.25) is 0 Å². The SMILES string of the molecule is [NH]CCC(N)C(=O)O. The number of hydrogen-bond donors (Lipinski definition) is 2. The van der Waals surface area contributed by atoms with Gasteiger partial charge in [0.15, 0.2) is 0 Å². The quantitative estimate of drug-likeness (QED) is 0.500. The molecule has 47 valence electrons. The van der Waals surface area contributed by atoms with Crippen molar-refractivity contribution in [1.29, 1.82) is 0 Å². The van der Waals surface area contributed by atoms with Crippen molar-refractivity contribution in [1.82, 2.24) is 5.73 Å². The second-order valence-electron chi connectivity index (χ2n) is 1.48. The first-order chi connectivity index (χ1) is 3.68. The van der Waals surface area contributed by atoms with Gasteiger partial charge in [-0.15, -0.1) is 0 Å². The third kappa shape index (κ3) is 2.54. The fourth-order valence-corrected chi connectivity index (χ4v) is 0.279. The van der Waals surface area contributed by atoms with Gasteiger partial charge in [0.25, 0.3) is 0 Å². The molecule has 1 radical (unpaired) electrons. The van der Waals surface area contributed by atoms with E-state index in [0.29, 0.717) is 0 Å². The zero-order chi connectivity index (χ0) is 6.57. The summed E-state index contributed by atoms with van der Waals surface area (Å²) in [6, 6.07) is -0.854. The molecule has 0 amide bonds. The third-order valence-electron chi connectivity index (χ3n) is 0.773. The first-order valence-corrected chi connectivity index (χ1v) is 2.31. The monoisotopic (exact) mass is 117 g/mol. The summed E-state index contributed by atoms with van der Waals surface area (Å²) in [5, 5.41) is 8.10. The number of carboxylic acids is 1. The predicted molar refractivity (Wildman–Crippen MR) is 28.2 cm³/mol. The zero-order valence-electron chi connectivity index (χ0n) is 4.42. The van der Waals surface area contributed by atoms with Crippen LogP contribution >= 0.6 is 0 Å². The highest BCUT2D eigenvalue weighted by Gasteiger charge is 2.08. The second-order valence-corrected chi connectivity index (χ2v) is 1.48. The van der Waals surface area contributed by atoms with Crippen LogP contribution in [0.4, 0.5) is 0 Å². The van der Waals surface area contributed by atoms with Crippen LogP contribution in [0.1, 0.15) is 6.42 Å². The van der Waals surface area contributed by atoms with Crippen molar-refractivity contribution in [3.05, 3.63) is 0 Å². The number of rotatable bonds is 3. The lowest BCUT2D eigenvalue weighted by atomic mass is 10.2. The molecule has 1 atom stereocenters. The van der Waals surface area contributed by atoms with Gasteiger partial charge in [0.1, 0.15) is 6.04 Å². The van der Waals surface area contributed by atoms with Gasteiger partial charge in [-0.1, -0.05) is 0 Å². The molecule has 0 aromatic rings. The Morgan fingerprint density at radius 1 is 1.88 bits per heavy atom. The van der Waals surface area contributed by atoms with E-state index in [0.717, 1.165) is 0 Å². The summed E-state index contributed by atoms with van der Waals surface area (Å²) < 4.78 is 0. The lowest BCUT2D eigenvalue weighted by Crippen LogP contribution is -2.30. The Morgan fingerprint density at radius 3 is 2.50 bits per heavy atom. The second kappa shape index (κ2) is 3.40. The molecule has 0 saturated heterocycles. The topological polar surface area (TPSA) is 87.1 Å². The average molecular weight is 117 g/mol. The highest BCUT2D eigenvalue weighted by Crippen LogP contribution is 1.83. The van der Waals surface area contributed by atoms with Crippen molar-refractivity contribution in [3.63, 3.8) is 0 Å². The summed E-state index contributed by atoms with van der Waals surface area (Å²) in [7, 11) is 0. The Labute approximate surface area is 47.5 Å². The van der Waals surface area contributed by atoms with Crippen molar-refractivity contribution in [2.75, 3.05) is 6.54 Å². The summed E-state index contributed by atoms with van der Waals surface area (Å²) in [5.41, 5.74) is 11.6. The van der Waals surface area contributed by atoms with Crippen molar-refractivity contribution in [2.24, 2.45) is 5.73 Å². The summed E-state index contributed by atoms with van der Waals surface area (Å²) in [6.45, 7) is 0.0769. The van der Waals surface area contributed by atoms with Gasteiger partial charge in [0, 0.05) is 6.54 Å². The summed E-state index contributed by atoms with van der Waals surface area (Å²) in [5.74, 6) is -1.03. The molecule has 0 aliphatic carbocycles. The molecule has 0 spiro atoms. The number of nitrogens with two attached hydrogens (primary N) is 1. The van der Waals surface area contributed by atoms with Crippen LogP contribution in [0.2, 0.25) is 0 Å². The van der Waals surface area contributed by atoms with Gasteiger partial charge in [-0.3, -0.25) is 10.5 Å². The first-order valence-electron chi connectivity index (χ1n) is 2.31. The van der Waals surface area contributed by atoms with Crippen molar-refractivity contribution in [2.45, 2.75) is 12.5 Å². The van der Waals surface area contributed by atoms with Crippen LogP contribution in [-0.4, -0.2) is 23.7 Å². The van der Waals surface area contributed by atoms with Gasteiger partial charge >= 0.3 is 5.97 Å². The van der Waals surface area contributed by atoms with E-state index in [1.165, 1.54) is 0 Å². The molecular formula is C4H9N2O2. The Balaban J connectivity index is 3.32. The number of carbonyl (C=O) groups is 1. The maximum atomic E-state index is 9.88. The van der Waals surface area contributed by atoms with Crippen LogP contribution in [0.3, 0.4) is 0 Å². The minimum Gasteiger partial charge on any atom is -0.480 e. The Hall–Kier alpha value is -0.610. The molecule has 0 bridgehead atoms. The fraction of sp³-hybridized carbons (Fsp3) is 0.750. The standard InChI is InChI=1S/C4H9N2O2/c5-2-1-3(6)4(7)8/h3,5H,1-2,6H2,(H,7,8). The molecule has 4 N–H and O–H groups in total. The van der Waals surface area contributed by atoms with Crippen LogP contribution < -0.4 is 11.5 Å². The first kappa shape index (κ1) is 7.39. The van der Waals surface area contributed by atoms with E-state index in [1.54, 1.807) is 0 Å². The van der Waals surface area contributed by atoms with E-state index >= 15 is 0 Å². The summed E-state index contributed by atoms with van der Waals surface area (Å²) >= 11 is 0.